The fourth-order valence-electron chi connectivity index (χ4n) is 0.276. The van der Waals surface area contributed by atoms with Gasteiger partial charge < -0.3 is 0 Å². The lowest BCUT2D eigenvalue weighted by Crippen LogP contribution is -2.06. The van der Waals surface area contributed by atoms with Gasteiger partial charge in [0.15, 0.2) is 0 Å². The van der Waals surface area contributed by atoms with Gasteiger partial charge in [-0.1, -0.05) is 17.2 Å². The van der Waals surface area contributed by atoms with Crippen LogP contribution in [0.1, 0.15) is 13.8 Å². The van der Waals surface area contributed by atoms with Crippen LogP contribution in [-0.4, -0.2) is 9.88 Å². The maximum atomic E-state index is 11.8. The van der Waals surface area contributed by atoms with E-state index in [1.54, 1.807) is 22.9 Å². The molecule has 0 unspecified atom stereocenters. The molecule has 0 bridgehead atoms. The van der Waals surface area contributed by atoms with E-state index >= 15 is 0 Å². The van der Waals surface area contributed by atoms with Gasteiger partial charge in [-0.2, -0.15) is 0 Å². The van der Waals surface area contributed by atoms with Crippen LogP contribution in [0.5, 0.6) is 0 Å². The van der Waals surface area contributed by atoms with Crippen LogP contribution < -0.4 is 0 Å². The van der Waals surface area contributed by atoms with Crippen molar-refractivity contribution in [2.45, 2.75) is 13.8 Å². The minimum absolute atomic E-state index is 0.418. The molecule has 0 N–H and O–H groups in total. The molecule has 1 nitrogen and oxygen atoms in total. The highest BCUT2D eigenvalue weighted by atomic mass is 127. The van der Waals surface area contributed by atoms with Crippen LogP contribution in [0, 0.1) is 5.92 Å². The van der Waals surface area contributed by atoms with Crippen molar-refractivity contribution in [3.63, 3.8) is 0 Å². The first-order chi connectivity index (χ1) is 3.13. The maximum Gasteiger partial charge on any atom is 0.0554 e. The van der Waals surface area contributed by atoms with Crippen molar-refractivity contribution in [1.29, 1.82) is 0 Å². The molecule has 3 heteroatoms. The van der Waals surface area contributed by atoms with E-state index in [9.17, 15) is 4.48 Å². The van der Waals surface area contributed by atoms with E-state index in [0.717, 1.165) is 0 Å². The SMILES string of the molecule is CC(C)CN(F)I. The van der Waals surface area contributed by atoms with Gasteiger partial charge in [-0.15, -0.1) is 4.48 Å². The van der Waals surface area contributed by atoms with Crippen LogP contribution in [0.3, 0.4) is 0 Å². The molecule has 0 aliphatic rings. The first-order valence-corrected chi connectivity index (χ1v) is 3.18. The number of halogens is 2. The van der Waals surface area contributed by atoms with Crippen molar-refractivity contribution in [3.8, 4) is 0 Å². The fraction of sp³-hybridized carbons (Fsp3) is 1.00. The summed E-state index contributed by atoms with van der Waals surface area (Å²) in [5.41, 5.74) is 0. The average Bonchev–Trinajstić information content (AvgIpc) is 1.27. The lowest BCUT2D eigenvalue weighted by atomic mass is 10.2. The average molecular weight is 217 g/mol. The number of rotatable bonds is 2. The molecule has 0 atom stereocenters. The second kappa shape index (κ2) is 3.60. The number of hydrogen-bond donors (Lipinski definition) is 0. The second-order valence-corrected chi connectivity index (χ2v) is 2.93. The smallest absolute Gasteiger partial charge is 0.0554 e. The second-order valence-electron chi connectivity index (χ2n) is 1.88. The highest BCUT2D eigenvalue weighted by Crippen LogP contribution is 2.03. The summed E-state index contributed by atoms with van der Waals surface area (Å²) in [7, 11) is 0. The first kappa shape index (κ1) is 7.62. The summed E-state index contributed by atoms with van der Waals surface area (Å²) in [5, 5.41) is 0. The molecule has 0 aliphatic carbocycles. The predicted molar refractivity (Wildman–Crippen MR) is 36.7 cm³/mol. The molecule has 0 saturated heterocycles. The lowest BCUT2D eigenvalue weighted by molar-refractivity contribution is 0.169. The summed E-state index contributed by atoms with van der Waals surface area (Å²) in [6.07, 6.45) is 0. The Bertz CT molecular complexity index is 41.0. The van der Waals surface area contributed by atoms with Gasteiger partial charge in [0.25, 0.3) is 0 Å². The van der Waals surface area contributed by atoms with Crippen LogP contribution in [0.15, 0.2) is 0 Å². The quantitative estimate of drug-likeness (QED) is 0.506. The largest absolute Gasteiger partial charge is 0.124 e. The Morgan fingerprint density at radius 3 is 2.14 bits per heavy atom. The summed E-state index contributed by atoms with van der Waals surface area (Å²) in [6.45, 7) is 4.47. The molecule has 0 amide bonds. The zero-order chi connectivity index (χ0) is 5.86. The van der Waals surface area contributed by atoms with Gasteiger partial charge in [-0.05, 0) is 5.92 Å². The van der Waals surface area contributed by atoms with Gasteiger partial charge in [0.1, 0.15) is 0 Å². The Morgan fingerprint density at radius 1 is 1.71 bits per heavy atom. The van der Waals surface area contributed by atoms with Gasteiger partial charge >= 0.3 is 0 Å². The Hall–Kier alpha value is 0.620. The van der Waals surface area contributed by atoms with Crippen molar-refractivity contribution < 1.29 is 4.48 Å². The monoisotopic (exact) mass is 217 g/mol. The van der Waals surface area contributed by atoms with E-state index in [-0.39, 0.29) is 0 Å². The molecule has 0 heterocycles. The molecule has 0 aromatic rings. The van der Waals surface area contributed by atoms with Gasteiger partial charge in [0.05, 0.1) is 22.9 Å². The third-order valence-corrected chi connectivity index (χ3v) is 0.897. The lowest BCUT2D eigenvalue weighted by Gasteiger charge is -2.03. The zero-order valence-corrected chi connectivity index (χ0v) is 6.65. The first-order valence-electron chi connectivity index (χ1n) is 2.22. The highest BCUT2D eigenvalue weighted by molar-refractivity contribution is 14.1. The molecule has 0 aliphatic heterocycles. The third kappa shape index (κ3) is 6.62. The minimum atomic E-state index is 0.418. The maximum absolute atomic E-state index is 11.8. The molecular weight excluding hydrogens is 208 g/mol. The Balaban J connectivity index is 2.95. The van der Waals surface area contributed by atoms with Crippen molar-refractivity contribution >= 4 is 22.9 Å². The Labute approximate surface area is 57.3 Å². The highest BCUT2D eigenvalue weighted by Gasteiger charge is 1.97. The molecule has 0 rings (SSSR count). The molecular formula is C4H9FIN. The standard InChI is InChI=1S/C4H9FIN/c1-4(2)3-7(5)6/h4H,3H2,1-2H3. The summed E-state index contributed by atoms with van der Waals surface area (Å²) >= 11 is 1.62. The normalized spacial score (nSPS) is 11.1. The van der Waals surface area contributed by atoms with E-state index in [4.69, 9.17) is 0 Å². The van der Waals surface area contributed by atoms with E-state index < -0.39 is 0 Å². The number of hydrogen-bond acceptors (Lipinski definition) is 1. The van der Waals surface area contributed by atoms with E-state index in [0.29, 0.717) is 15.8 Å². The Morgan fingerprint density at radius 2 is 2.14 bits per heavy atom. The topological polar surface area (TPSA) is 3.24 Å². The van der Waals surface area contributed by atoms with Gasteiger partial charge in [-0.25, -0.2) is 0 Å². The van der Waals surface area contributed by atoms with Crippen molar-refractivity contribution in [1.82, 2.24) is 3.34 Å². The number of nitrogens with zero attached hydrogens (tertiary/aromatic N) is 1. The van der Waals surface area contributed by atoms with Crippen LogP contribution >= 0.6 is 22.9 Å². The van der Waals surface area contributed by atoms with Crippen LogP contribution in [0.4, 0.5) is 4.48 Å². The van der Waals surface area contributed by atoms with Gasteiger partial charge in [0, 0.05) is 6.54 Å². The Kier molecular flexibility index (Phi) is 3.92. The van der Waals surface area contributed by atoms with E-state index in [1.807, 2.05) is 13.8 Å². The molecule has 44 valence electrons. The van der Waals surface area contributed by atoms with Gasteiger partial charge in [0.2, 0.25) is 0 Å². The molecule has 0 spiro atoms. The van der Waals surface area contributed by atoms with Crippen LogP contribution in [0.2, 0.25) is 0 Å². The third-order valence-electron chi connectivity index (χ3n) is 0.503. The van der Waals surface area contributed by atoms with Crippen molar-refractivity contribution in [3.05, 3.63) is 0 Å². The summed E-state index contributed by atoms with van der Waals surface area (Å²) in [5.74, 6) is 0.418. The predicted octanol–water partition coefficient (Wildman–Crippen LogP) is 2.18. The van der Waals surface area contributed by atoms with Crippen LogP contribution in [0.25, 0.3) is 0 Å². The molecule has 0 fully saturated rings. The van der Waals surface area contributed by atoms with E-state index in [1.165, 1.54) is 0 Å². The summed E-state index contributed by atoms with van der Waals surface area (Å²) in [4.78, 5) is 0. The van der Waals surface area contributed by atoms with Crippen molar-refractivity contribution in [2.75, 3.05) is 6.54 Å². The molecule has 0 saturated carbocycles. The molecule has 0 aromatic heterocycles. The molecule has 0 aromatic carbocycles. The molecule has 0 radical (unpaired) electrons. The van der Waals surface area contributed by atoms with Crippen molar-refractivity contribution in [2.24, 2.45) is 5.92 Å². The van der Waals surface area contributed by atoms with E-state index in [2.05, 4.69) is 0 Å². The fourth-order valence-corrected chi connectivity index (χ4v) is 1.06. The zero-order valence-electron chi connectivity index (χ0n) is 4.49. The summed E-state index contributed by atoms with van der Waals surface area (Å²) < 4.78 is 12.4. The van der Waals surface area contributed by atoms with Crippen LogP contribution in [-0.2, 0) is 0 Å². The molecule has 7 heavy (non-hydrogen) atoms. The summed E-state index contributed by atoms with van der Waals surface area (Å²) in [6, 6.07) is 0. The minimum Gasteiger partial charge on any atom is -0.124 e. The van der Waals surface area contributed by atoms with Gasteiger partial charge in [-0.3, -0.25) is 0 Å².